The van der Waals surface area contributed by atoms with Crippen molar-refractivity contribution in [2.24, 2.45) is 0 Å². The van der Waals surface area contributed by atoms with Gasteiger partial charge in [-0.25, -0.2) is 0 Å². The highest BCUT2D eigenvalue weighted by Crippen LogP contribution is 2.16. The van der Waals surface area contributed by atoms with Crippen LogP contribution in [0.3, 0.4) is 0 Å². The average molecular weight is 280 g/mol. The number of hydrogen-bond donors (Lipinski definition) is 1. The van der Waals surface area contributed by atoms with Crippen molar-refractivity contribution in [2.75, 3.05) is 6.61 Å². The van der Waals surface area contributed by atoms with E-state index in [1.807, 2.05) is 12.1 Å². The quantitative estimate of drug-likeness (QED) is 0.642. The van der Waals surface area contributed by atoms with Crippen molar-refractivity contribution in [3.63, 3.8) is 0 Å². The van der Waals surface area contributed by atoms with E-state index in [9.17, 15) is 0 Å². The first-order valence-electron chi connectivity index (χ1n) is 6.04. The van der Waals surface area contributed by atoms with Gasteiger partial charge in [0.2, 0.25) is 0 Å². The smallest absolute Gasteiger partial charge is 0.176 e. The van der Waals surface area contributed by atoms with E-state index in [1.165, 1.54) is 16.9 Å². The lowest BCUT2D eigenvalue weighted by molar-refractivity contribution is 0.309. The molecular weight excluding hydrogens is 264 g/mol. The van der Waals surface area contributed by atoms with Gasteiger partial charge in [-0.3, -0.25) is 5.10 Å². The topological polar surface area (TPSA) is 37.9 Å². The second-order valence-electron chi connectivity index (χ2n) is 4.03. The monoisotopic (exact) mass is 280 g/mol. The highest BCUT2D eigenvalue weighted by Gasteiger charge is 2.01. The summed E-state index contributed by atoms with van der Waals surface area (Å²) in [5.41, 5.74) is 1.22. The van der Waals surface area contributed by atoms with E-state index in [1.54, 1.807) is 0 Å². The first-order valence-corrected chi connectivity index (χ1v) is 7.26. The van der Waals surface area contributed by atoms with Crippen LogP contribution >= 0.6 is 23.6 Å². The maximum Gasteiger partial charge on any atom is 0.176 e. The number of nitrogens with one attached hydrogen (secondary N) is 1. The lowest BCUT2D eigenvalue weighted by Gasteiger charge is -2.05. The van der Waals surface area contributed by atoms with E-state index in [4.69, 9.17) is 17.0 Å². The second-order valence-corrected chi connectivity index (χ2v) is 5.78. The number of ether oxygens (including phenoxy) is 1. The van der Waals surface area contributed by atoms with Gasteiger partial charge in [-0.05, 0) is 36.3 Å². The molecule has 0 amide bonds. The van der Waals surface area contributed by atoms with Gasteiger partial charge >= 0.3 is 0 Å². The number of aromatic amines is 1. The van der Waals surface area contributed by atoms with E-state index < -0.39 is 0 Å². The summed E-state index contributed by atoms with van der Waals surface area (Å²) in [5.74, 6) is 0.932. The SMILES string of the molecule is CCCCOc1ccc(Cc2n[nH]c(=S)s2)cc1. The van der Waals surface area contributed by atoms with Crippen molar-refractivity contribution >= 4 is 23.6 Å². The summed E-state index contributed by atoms with van der Waals surface area (Å²) >= 11 is 6.53. The van der Waals surface area contributed by atoms with E-state index in [2.05, 4.69) is 29.3 Å². The molecule has 0 aliphatic carbocycles. The molecule has 0 unspecified atom stereocenters. The number of rotatable bonds is 6. The summed E-state index contributed by atoms with van der Waals surface area (Å²) in [5, 5.41) is 7.96. The van der Waals surface area contributed by atoms with Crippen LogP contribution in [-0.2, 0) is 6.42 Å². The standard InChI is InChI=1S/C13H16N2OS2/c1-2-3-8-16-11-6-4-10(5-7-11)9-12-14-15-13(17)18-12/h4-7H,2-3,8-9H2,1H3,(H,15,17). The zero-order valence-corrected chi connectivity index (χ0v) is 11.9. The Balaban J connectivity index is 1.93. The maximum absolute atomic E-state index is 5.62. The molecular formula is C13H16N2OS2. The number of hydrogen-bond acceptors (Lipinski definition) is 4. The molecule has 3 nitrogen and oxygen atoms in total. The van der Waals surface area contributed by atoms with Crippen LogP contribution in [0.25, 0.3) is 0 Å². The molecule has 0 fully saturated rings. The van der Waals surface area contributed by atoms with Crippen LogP contribution in [-0.4, -0.2) is 16.8 Å². The fourth-order valence-corrected chi connectivity index (χ4v) is 2.52. The molecule has 1 N–H and O–H groups in total. The Labute approximate surface area is 116 Å². The van der Waals surface area contributed by atoms with E-state index >= 15 is 0 Å². The molecule has 0 aliphatic rings. The Morgan fingerprint density at radius 3 is 2.72 bits per heavy atom. The van der Waals surface area contributed by atoms with Gasteiger partial charge in [0.05, 0.1) is 6.61 Å². The summed E-state index contributed by atoms with van der Waals surface area (Å²) in [4.78, 5) is 0. The van der Waals surface area contributed by atoms with Crippen LogP contribution in [0.5, 0.6) is 5.75 Å². The number of nitrogens with zero attached hydrogens (tertiary/aromatic N) is 1. The van der Waals surface area contributed by atoms with Crippen LogP contribution in [0, 0.1) is 3.95 Å². The molecule has 2 rings (SSSR count). The molecule has 0 spiro atoms. The molecule has 1 aromatic heterocycles. The van der Waals surface area contributed by atoms with Crippen molar-refractivity contribution in [1.29, 1.82) is 0 Å². The van der Waals surface area contributed by atoms with Gasteiger partial charge in [-0.15, -0.1) is 0 Å². The number of unbranched alkanes of at least 4 members (excludes halogenated alkanes) is 1. The van der Waals surface area contributed by atoms with Crippen LogP contribution in [0.1, 0.15) is 30.3 Å². The highest BCUT2D eigenvalue weighted by molar-refractivity contribution is 7.73. The van der Waals surface area contributed by atoms with Crippen molar-refractivity contribution < 1.29 is 4.74 Å². The van der Waals surface area contributed by atoms with Gasteiger partial charge < -0.3 is 4.74 Å². The van der Waals surface area contributed by atoms with Crippen LogP contribution in [0.2, 0.25) is 0 Å². The first-order chi connectivity index (χ1) is 8.78. The maximum atomic E-state index is 5.62. The Kier molecular flexibility index (Phi) is 4.90. The summed E-state index contributed by atoms with van der Waals surface area (Å²) < 4.78 is 6.35. The zero-order valence-electron chi connectivity index (χ0n) is 10.3. The Bertz CT molecular complexity index is 530. The van der Waals surface area contributed by atoms with Crippen LogP contribution < -0.4 is 4.74 Å². The van der Waals surface area contributed by atoms with Gasteiger partial charge in [-0.1, -0.05) is 36.8 Å². The van der Waals surface area contributed by atoms with Gasteiger partial charge in [0.1, 0.15) is 10.8 Å². The molecule has 1 heterocycles. The lowest BCUT2D eigenvalue weighted by atomic mass is 10.1. The molecule has 1 aromatic carbocycles. The molecule has 5 heteroatoms. The highest BCUT2D eigenvalue weighted by atomic mass is 32.1. The Hall–Kier alpha value is -1.20. The summed E-state index contributed by atoms with van der Waals surface area (Å²) in [6, 6.07) is 8.17. The van der Waals surface area contributed by atoms with Gasteiger partial charge in [-0.2, -0.15) is 5.10 Å². The Morgan fingerprint density at radius 1 is 1.33 bits per heavy atom. The van der Waals surface area contributed by atoms with Gasteiger partial charge in [0.25, 0.3) is 0 Å². The molecule has 96 valence electrons. The summed E-state index contributed by atoms with van der Waals surface area (Å²) in [6.45, 7) is 2.95. The normalized spacial score (nSPS) is 10.5. The number of H-pyrrole nitrogens is 1. The largest absolute Gasteiger partial charge is 0.494 e. The van der Waals surface area contributed by atoms with Crippen LogP contribution in [0.15, 0.2) is 24.3 Å². The van der Waals surface area contributed by atoms with Crippen molar-refractivity contribution in [1.82, 2.24) is 10.2 Å². The zero-order chi connectivity index (χ0) is 12.8. The third-order valence-electron chi connectivity index (χ3n) is 2.53. The third-order valence-corrected chi connectivity index (χ3v) is 3.62. The second kappa shape index (κ2) is 6.66. The predicted octanol–water partition coefficient (Wildman–Crippen LogP) is 3.97. The van der Waals surface area contributed by atoms with E-state index in [0.717, 1.165) is 40.6 Å². The van der Waals surface area contributed by atoms with E-state index in [-0.39, 0.29) is 0 Å². The first kappa shape index (κ1) is 13.2. The molecule has 18 heavy (non-hydrogen) atoms. The average Bonchev–Trinajstić information content (AvgIpc) is 2.77. The molecule has 2 aromatic rings. The minimum absolute atomic E-state index is 0.726. The van der Waals surface area contributed by atoms with Crippen LogP contribution in [0.4, 0.5) is 0 Å². The number of aromatic nitrogens is 2. The lowest BCUT2D eigenvalue weighted by Crippen LogP contribution is -1.96. The van der Waals surface area contributed by atoms with Crippen molar-refractivity contribution in [3.05, 3.63) is 38.8 Å². The fraction of sp³-hybridized carbons (Fsp3) is 0.385. The summed E-state index contributed by atoms with van der Waals surface area (Å²) in [6.07, 6.45) is 3.06. The predicted molar refractivity (Wildman–Crippen MR) is 76.9 cm³/mol. The molecule has 0 saturated heterocycles. The minimum atomic E-state index is 0.726. The summed E-state index contributed by atoms with van der Waals surface area (Å²) in [7, 11) is 0. The molecule has 0 atom stereocenters. The Morgan fingerprint density at radius 2 is 2.11 bits per heavy atom. The minimum Gasteiger partial charge on any atom is -0.494 e. The van der Waals surface area contributed by atoms with Gasteiger partial charge in [0.15, 0.2) is 3.95 Å². The molecule has 0 radical (unpaired) electrons. The molecule has 0 aliphatic heterocycles. The van der Waals surface area contributed by atoms with Crippen molar-refractivity contribution in [2.45, 2.75) is 26.2 Å². The van der Waals surface area contributed by atoms with Crippen molar-refractivity contribution in [3.8, 4) is 5.75 Å². The van der Waals surface area contributed by atoms with E-state index in [0.29, 0.717) is 0 Å². The fourth-order valence-electron chi connectivity index (χ4n) is 1.55. The third kappa shape index (κ3) is 3.92. The molecule has 0 saturated carbocycles. The molecule has 0 bridgehead atoms. The van der Waals surface area contributed by atoms with Gasteiger partial charge in [0, 0.05) is 6.42 Å². The number of benzene rings is 1.